The van der Waals surface area contributed by atoms with E-state index in [2.05, 4.69) is 0 Å². The van der Waals surface area contributed by atoms with Gasteiger partial charge < -0.3 is 19.7 Å². The Morgan fingerprint density at radius 2 is 1.17 bits per heavy atom. The zero-order chi connectivity index (χ0) is 13.5. The maximum absolute atomic E-state index is 11.3. The van der Waals surface area contributed by atoms with Crippen molar-refractivity contribution in [2.75, 3.05) is 13.2 Å². The molecule has 0 amide bonds. The second-order valence-electron chi connectivity index (χ2n) is 3.13. The number of fused-ring (bicyclic) bond motifs is 7. The Hall–Kier alpha value is -2.57. The minimum atomic E-state index is -1.83. The molecule has 2 N–H and O–H groups in total. The standard InChI is InChI=1S/C10H8O4.CH2O3/c11-9-7-1-2-8(4-3-7)10(12)14-6-5-13-9;2-1(3)4/h1-4H,5-6H2;(H2,2,3,4). The molecule has 0 atom stereocenters. The molecule has 0 aliphatic carbocycles. The Bertz CT molecular complexity index is 408. The molecule has 0 aromatic heterocycles. The smallest absolute Gasteiger partial charge is 0.458 e. The molecular weight excluding hydrogens is 244 g/mol. The highest BCUT2D eigenvalue weighted by molar-refractivity contribution is 5.93. The van der Waals surface area contributed by atoms with Gasteiger partial charge >= 0.3 is 18.1 Å². The minimum Gasteiger partial charge on any atom is -0.458 e. The minimum absolute atomic E-state index is 0.100. The van der Waals surface area contributed by atoms with Crippen molar-refractivity contribution in [1.82, 2.24) is 0 Å². The molecule has 3 rings (SSSR count). The van der Waals surface area contributed by atoms with Crippen LogP contribution in [0.5, 0.6) is 0 Å². The monoisotopic (exact) mass is 254 g/mol. The normalized spacial score (nSPS) is 13.8. The summed E-state index contributed by atoms with van der Waals surface area (Å²) in [6, 6.07) is 6.18. The van der Waals surface area contributed by atoms with E-state index in [1.807, 2.05) is 0 Å². The summed E-state index contributed by atoms with van der Waals surface area (Å²) in [4.78, 5) is 31.1. The lowest BCUT2D eigenvalue weighted by Gasteiger charge is -2.09. The van der Waals surface area contributed by atoms with Gasteiger partial charge in [-0.2, -0.15) is 0 Å². The Morgan fingerprint density at radius 3 is 1.44 bits per heavy atom. The van der Waals surface area contributed by atoms with Crippen molar-refractivity contribution in [3.8, 4) is 0 Å². The van der Waals surface area contributed by atoms with E-state index in [0.717, 1.165) is 0 Å². The molecule has 18 heavy (non-hydrogen) atoms. The van der Waals surface area contributed by atoms with E-state index < -0.39 is 18.1 Å². The summed E-state index contributed by atoms with van der Waals surface area (Å²) in [5, 5.41) is 13.9. The Balaban J connectivity index is 0.000000357. The third-order valence-electron chi connectivity index (χ3n) is 1.91. The summed E-state index contributed by atoms with van der Waals surface area (Å²) in [7, 11) is 0. The highest BCUT2D eigenvalue weighted by Crippen LogP contribution is 2.09. The van der Waals surface area contributed by atoms with Crippen LogP contribution in [-0.2, 0) is 9.47 Å². The lowest BCUT2D eigenvalue weighted by Crippen LogP contribution is -2.16. The second-order valence-corrected chi connectivity index (χ2v) is 3.13. The summed E-state index contributed by atoms with van der Waals surface area (Å²) in [6.45, 7) is 0.200. The summed E-state index contributed by atoms with van der Waals surface area (Å²) >= 11 is 0. The van der Waals surface area contributed by atoms with Crippen molar-refractivity contribution < 1.29 is 34.1 Å². The first-order chi connectivity index (χ1) is 8.50. The van der Waals surface area contributed by atoms with Gasteiger partial charge in [-0.3, -0.25) is 0 Å². The molecular formula is C11H10O7. The number of ether oxygens (including phenoxy) is 2. The number of hydrogen-bond donors (Lipinski definition) is 2. The SMILES string of the molecule is O=C(O)O.O=C1OCCOC(=O)c2ccc1cc2. The van der Waals surface area contributed by atoms with Crippen molar-refractivity contribution >= 4 is 18.1 Å². The van der Waals surface area contributed by atoms with E-state index in [1.165, 1.54) is 0 Å². The Morgan fingerprint density at radius 1 is 0.889 bits per heavy atom. The zero-order valence-electron chi connectivity index (χ0n) is 9.16. The molecule has 0 saturated heterocycles. The topological polar surface area (TPSA) is 110 Å². The molecule has 0 saturated carbocycles. The molecule has 2 aliphatic rings. The van der Waals surface area contributed by atoms with Crippen LogP contribution >= 0.6 is 0 Å². The lowest BCUT2D eigenvalue weighted by atomic mass is 10.1. The molecule has 2 aliphatic heterocycles. The van der Waals surface area contributed by atoms with Crippen LogP contribution in [0.15, 0.2) is 24.3 Å². The number of carbonyl (C=O) groups is 3. The average Bonchev–Trinajstić information content (AvgIpc) is 2.33. The molecule has 0 radical (unpaired) electrons. The van der Waals surface area contributed by atoms with E-state index in [-0.39, 0.29) is 13.2 Å². The van der Waals surface area contributed by atoms with Crippen molar-refractivity contribution in [3.63, 3.8) is 0 Å². The fraction of sp³-hybridized carbons (Fsp3) is 0.182. The summed E-state index contributed by atoms with van der Waals surface area (Å²) in [5.41, 5.74) is 0.895. The molecule has 7 heteroatoms. The second kappa shape index (κ2) is 6.24. The van der Waals surface area contributed by atoms with Crippen LogP contribution in [0.25, 0.3) is 0 Å². The molecule has 7 nitrogen and oxygen atoms in total. The van der Waals surface area contributed by atoms with E-state index in [0.29, 0.717) is 11.1 Å². The van der Waals surface area contributed by atoms with Gasteiger partial charge in [0.1, 0.15) is 13.2 Å². The average molecular weight is 254 g/mol. The number of hydrogen-bond acceptors (Lipinski definition) is 5. The predicted molar refractivity (Wildman–Crippen MR) is 57.7 cm³/mol. The van der Waals surface area contributed by atoms with Crippen LogP contribution < -0.4 is 0 Å². The van der Waals surface area contributed by atoms with Crippen LogP contribution in [0.1, 0.15) is 20.7 Å². The van der Waals surface area contributed by atoms with Crippen LogP contribution in [0, 0.1) is 0 Å². The van der Waals surface area contributed by atoms with Crippen LogP contribution in [0.2, 0.25) is 0 Å². The van der Waals surface area contributed by atoms with Crippen molar-refractivity contribution in [2.45, 2.75) is 0 Å². The van der Waals surface area contributed by atoms with Crippen LogP contribution in [0.3, 0.4) is 0 Å². The van der Waals surface area contributed by atoms with Crippen molar-refractivity contribution in [3.05, 3.63) is 35.4 Å². The highest BCUT2D eigenvalue weighted by atomic mass is 16.6. The first kappa shape index (κ1) is 13.5. The summed E-state index contributed by atoms with van der Waals surface area (Å²) < 4.78 is 9.66. The molecule has 0 unspecified atom stereocenters. The maximum Gasteiger partial charge on any atom is 0.503 e. The number of benzene rings is 1. The number of carboxylic acid groups (broad SMARTS) is 2. The van der Waals surface area contributed by atoms with Gasteiger partial charge in [-0.25, -0.2) is 14.4 Å². The highest BCUT2D eigenvalue weighted by Gasteiger charge is 2.13. The van der Waals surface area contributed by atoms with E-state index in [4.69, 9.17) is 24.5 Å². The first-order valence-electron chi connectivity index (χ1n) is 4.87. The molecule has 0 fully saturated rings. The molecule has 1 aromatic carbocycles. The molecule has 0 spiro atoms. The fourth-order valence-electron chi connectivity index (χ4n) is 1.18. The van der Waals surface area contributed by atoms with Crippen LogP contribution in [0.4, 0.5) is 4.79 Å². The number of carbonyl (C=O) groups excluding carboxylic acids is 2. The molecule has 2 bridgehead atoms. The van der Waals surface area contributed by atoms with Gasteiger partial charge in [0, 0.05) is 0 Å². The fourth-order valence-corrected chi connectivity index (χ4v) is 1.18. The Labute approximate surface area is 102 Å². The van der Waals surface area contributed by atoms with Crippen molar-refractivity contribution in [2.24, 2.45) is 0 Å². The van der Waals surface area contributed by atoms with Gasteiger partial charge in [-0.15, -0.1) is 0 Å². The van der Waals surface area contributed by atoms with E-state index in [1.54, 1.807) is 24.3 Å². The van der Waals surface area contributed by atoms with Gasteiger partial charge in [-0.1, -0.05) is 0 Å². The maximum atomic E-state index is 11.3. The van der Waals surface area contributed by atoms with E-state index >= 15 is 0 Å². The number of esters is 2. The van der Waals surface area contributed by atoms with Gasteiger partial charge in [-0.05, 0) is 24.3 Å². The van der Waals surface area contributed by atoms with Gasteiger partial charge in [0.05, 0.1) is 11.1 Å². The summed E-state index contributed by atoms with van der Waals surface area (Å²) in [6.07, 6.45) is -1.83. The molecule has 2 heterocycles. The van der Waals surface area contributed by atoms with Gasteiger partial charge in [0.15, 0.2) is 0 Å². The van der Waals surface area contributed by atoms with Crippen LogP contribution in [-0.4, -0.2) is 41.5 Å². The van der Waals surface area contributed by atoms with Crippen molar-refractivity contribution in [1.29, 1.82) is 0 Å². The first-order valence-corrected chi connectivity index (χ1v) is 4.87. The third-order valence-corrected chi connectivity index (χ3v) is 1.91. The van der Waals surface area contributed by atoms with E-state index in [9.17, 15) is 9.59 Å². The number of rotatable bonds is 0. The largest absolute Gasteiger partial charge is 0.503 e. The third kappa shape index (κ3) is 4.12. The van der Waals surface area contributed by atoms with Gasteiger partial charge in [0.25, 0.3) is 0 Å². The lowest BCUT2D eigenvalue weighted by molar-refractivity contribution is 0.0260. The quantitative estimate of drug-likeness (QED) is 0.670. The predicted octanol–water partition coefficient (Wildman–Crippen LogP) is 1.24. The zero-order valence-corrected chi connectivity index (χ0v) is 9.16. The van der Waals surface area contributed by atoms with Gasteiger partial charge in [0.2, 0.25) is 0 Å². The Kier molecular flexibility index (Phi) is 4.67. The summed E-state index contributed by atoms with van der Waals surface area (Å²) in [5.74, 6) is -0.788. The molecule has 1 aromatic rings. The molecule has 96 valence electrons.